The number of aromatic amines is 1. The Labute approximate surface area is 123 Å². The van der Waals surface area contributed by atoms with Crippen LogP contribution in [0.5, 0.6) is 5.75 Å². The van der Waals surface area contributed by atoms with Crippen molar-refractivity contribution in [3.05, 3.63) is 83.7 Å². The maximum Gasteiger partial charge on any atom is 0.115 e. The third kappa shape index (κ3) is 3.30. The molecule has 0 aliphatic rings. The Balaban J connectivity index is 1.85. The molecule has 0 saturated carbocycles. The second-order valence-electron chi connectivity index (χ2n) is 4.92. The number of nitrogens with one attached hydrogen (secondary N) is 2. The van der Waals surface area contributed by atoms with Crippen LogP contribution in [0.25, 0.3) is 0 Å². The van der Waals surface area contributed by atoms with Crippen LogP contribution in [-0.4, -0.2) is 15.3 Å². The first-order chi connectivity index (χ1) is 10.3. The molecule has 0 saturated heterocycles. The van der Waals surface area contributed by atoms with Gasteiger partial charge in [0.25, 0.3) is 0 Å². The van der Waals surface area contributed by atoms with Crippen LogP contribution in [-0.2, 0) is 6.54 Å². The third-order valence-electron chi connectivity index (χ3n) is 3.42. The van der Waals surface area contributed by atoms with Crippen molar-refractivity contribution in [2.75, 3.05) is 0 Å². The molecule has 0 bridgehead atoms. The fourth-order valence-electron chi connectivity index (χ4n) is 2.33. The lowest BCUT2D eigenvalue weighted by Gasteiger charge is -2.19. The number of benzene rings is 2. The lowest BCUT2D eigenvalue weighted by atomic mass is 9.98. The summed E-state index contributed by atoms with van der Waals surface area (Å²) in [6, 6.07) is 17.6. The van der Waals surface area contributed by atoms with Crippen molar-refractivity contribution in [2.45, 2.75) is 12.6 Å². The molecule has 3 aromatic rings. The van der Waals surface area contributed by atoms with Gasteiger partial charge < -0.3 is 10.4 Å². The smallest absolute Gasteiger partial charge is 0.115 e. The summed E-state index contributed by atoms with van der Waals surface area (Å²) in [7, 11) is 0. The van der Waals surface area contributed by atoms with E-state index in [9.17, 15) is 5.11 Å². The summed E-state index contributed by atoms with van der Waals surface area (Å²) in [5, 5.41) is 19.8. The summed E-state index contributed by atoms with van der Waals surface area (Å²) < 4.78 is 0. The molecule has 0 aliphatic carbocycles. The molecular weight excluding hydrogens is 262 g/mol. The molecular formula is C17H17N3O. The molecule has 0 fully saturated rings. The highest BCUT2D eigenvalue weighted by atomic mass is 16.3. The van der Waals surface area contributed by atoms with Gasteiger partial charge in [-0.05, 0) is 23.3 Å². The molecule has 1 aromatic heterocycles. The van der Waals surface area contributed by atoms with Gasteiger partial charge in [0, 0.05) is 18.3 Å². The molecule has 0 spiro atoms. The number of rotatable bonds is 5. The third-order valence-corrected chi connectivity index (χ3v) is 3.42. The van der Waals surface area contributed by atoms with Gasteiger partial charge in [0.15, 0.2) is 0 Å². The van der Waals surface area contributed by atoms with Crippen molar-refractivity contribution in [3.8, 4) is 5.75 Å². The van der Waals surface area contributed by atoms with Gasteiger partial charge in [-0.3, -0.25) is 5.10 Å². The van der Waals surface area contributed by atoms with E-state index in [0.29, 0.717) is 0 Å². The van der Waals surface area contributed by atoms with Crippen LogP contribution >= 0.6 is 0 Å². The Bertz CT molecular complexity index is 663. The molecule has 0 radical (unpaired) electrons. The fourth-order valence-corrected chi connectivity index (χ4v) is 2.33. The summed E-state index contributed by atoms with van der Waals surface area (Å²) in [5.74, 6) is 0.278. The summed E-state index contributed by atoms with van der Waals surface area (Å²) in [4.78, 5) is 0. The van der Waals surface area contributed by atoms with Crippen molar-refractivity contribution in [2.24, 2.45) is 0 Å². The van der Waals surface area contributed by atoms with Crippen molar-refractivity contribution < 1.29 is 5.11 Å². The first-order valence-corrected chi connectivity index (χ1v) is 6.88. The SMILES string of the molecule is Oc1ccc(C(NCc2cn[nH]c2)c2ccccc2)cc1. The predicted octanol–water partition coefficient (Wildman–Crippen LogP) is 2.99. The molecule has 106 valence electrons. The molecule has 3 N–H and O–H groups in total. The van der Waals surface area contributed by atoms with Gasteiger partial charge in [-0.1, -0.05) is 42.5 Å². The van der Waals surface area contributed by atoms with Crippen LogP contribution in [0.2, 0.25) is 0 Å². The van der Waals surface area contributed by atoms with Crippen LogP contribution in [0.15, 0.2) is 67.0 Å². The fraction of sp³-hybridized carbons (Fsp3) is 0.118. The number of phenols is 1. The van der Waals surface area contributed by atoms with E-state index in [1.54, 1.807) is 12.1 Å². The lowest BCUT2D eigenvalue weighted by Crippen LogP contribution is -2.21. The van der Waals surface area contributed by atoms with Gasteiger partial charge in [0.2, 0.25) is 0 Å². The van der Waals surface area contributed by atoms with Crippen LogP contribution in [0, 0.1) is 0 Å². The quantitative estimate of drug-likeness (QED) is 0.673. The summed E-state index contributed by atoms with van der Waals surface area (Å²) in [5.41, 5.74) is 3.41. The molecule has 0 amide bonds. The normalized spacial score (nSPS) is 12.2. The van der Waals surface area contributed by atoms with Crippen LogP contribution in [0.1, 0.15) is 22.7 Å². The number of hydrogen-bond donors (Lipinski definition) is 3. The van der Waals surface area contributed by atoms with E-state index in [4.69, 9.17) is 0 Å². The molecule has 1 heterocycles. The van der Waals surface area contributed by atoms with Crippen molar-refractivity contribution in [1.82, 2.24) is 15.5 Å². The predicted molar refractivity (Wildman–Crippen MR) is 81.8 cm³/mol. The summed E-state index contributed by atoms with van der Waals surface area (Å²) in [6.45, 7) is 0.719. The topological polar surface area (TPSA) is 60.9 Å². The standard InChI is InChI=1S/C17H17N3O/c21-16-8-6-15(7-9-16)17(14-4-2-1-3-5-14)18-10-13-11-19-20-12-13/h1-9,11-12,17-18,21H,10H2,(H,19,20). The molecule has 4 nitrogen and oxygen atoms in total. The van der Waals surface area contributed by atoms with Crippen molar-refractivity contribution in [1.29, 1.82) is 0 Å². The average molecular weight is 279 g/mol. The van der Waals surface area contributed by atoms with E-state index >= 15 is 0 Å². The zero-order valence-corrected chi connectivity index (χ0v) is 11.5. The maximum atomic E-state index is 9.46. The summed E-state index contributed by atoms with van der Waals surface area (Å²) >= 11 is 0. The average Bonchev–Trinajstić information content (AvgIpc) is 3.04. The number of hydrogen-bond acceptors (Lipinski definition) is 3. The Hall–Kier alpha value is -2.59. The highest BCUT2D eigenvalue weighted by Crippen LogP contribution is 2.24. The number of nitrogens with zero attached hydrogens (tertiary/aromatic N) is 1. The van der Waals surface area contributed by atoms with Crippen LogP contribution in [0.4, 0.5) is 0 Å². The second-order valence-corrected chi connectivity index (χ2v) is 4.92. The minimum Gasteiger partial charge on any atom is -0.508 e. The second kappa shape index (κ2) is 6.24. The van der Waals surface area contributed by atoms with Crippen molar-refractivity contribution >= 4 is 0 Å². The van der Waals surface area contributed by atoms with Gasteiger partial charge in [-0.25, -0.2) is 0 Å². The lowest BCUT2D eigenvalue weighted by molar-refractivity contribution is 0.474. The zero-order valence-electron chi connectivity index (χ0n) is 11.5. The monoisotopic (exact) mass is 279 g/mol. The largest absolute Gasteiger partial charge is 0.508 e. The van der Waals surface area contributed by atoms with Gasteiger partial charge in [0.1, 0.15) is 5.75 Å². The highest BCUT2D eigenvalue weighted by Gasteiger charge is 2.13. The molecule has 1 atom stereocenters. The van der Waals surface area contributed by atoms with E-state index in [0.717, 1.165) is 17.7 Å². The van der Waals surface area contributed by atoms with Crippen LogP contribution < -0.4 is 5.32 Å². The molecule has 2 aromatic carbocycles. The van der Waals surface area contributed by atoms with Crippen LogP contribution in [0.3, 0.4) is 0 Å². The van der Waals surface area contributed by atoms with Gasteiger partial charge in [-0.2, -0.15) is 5.10 Å². The van der Waals surface area contributed by atoms with Crippen molar-refractivity contribution in [3.63, 3.8) is 0 Å². The molecule has 0 aliphatic heterocycles. The number of phenolic OH excluding ortho intramolecular Hbond substituents is 1. The minimum atomic E-state index is 0.0710. The van der Waals surface area contributed by atoms with E-state index in [1.807, 2.05) is 42.7 Å². The Morgan fingerprint density at radius 3 is 2.38 bits per heavy atom. The Morgan fingerprint density at radius 2 is 1.71 bits per heavy atom. The van der Waals surface area contributed by atoms with E-state index in [-0.39, 0.29) is 11.8 Å². The van der Waals surface area contributed by atoms with Gasteiger partial charge in [-0.15, -0.1) is 0 Å². The van der Waals surface area contributed by atoms with E-state index in [2.05, 4.69) is 27.6 Å². The number of aromatic hydroxyl groups is 1. The summed E-state index contributed by atoms with van der Waals surface area (Å²) in [6.07, 6.45) is 3.69. The number of H-pyrrole nitrogens is 1. The van der Waals surface area contributed by atoms with Gasteiger partial charge >= 0.3 is 0 Å². The molecule has 4 heteroatoms. The Kier molecular flexibility index (Phi) is 3.98. The number of aromatic nitrogens is 2. The molecule has 21 heavy (non-hydrogen) atoms. The van der Waals surface area contributed by atoms with E-state index in [1.165, 1.54) is 5.56 Å². The Morgan fingerprint density at radius 1 is 1.00 bits per heavy atom. The minimum absolute atomic E-state index is 0.0710. The highest BCUT2D eigenvalue weighted by molar-refractivity contribution is 5.35. The first-order valence-electron chi connectivity index (χ1n) is 6.88. The first kappa shape index (κ1) is 13.4. The molecule has 1 unspecified atom stereocenters. The zero-order chi connectivity index (χ0) is 14.5. The van der Waals surface area contributed by atoms with E-state index < -0.39 is 0 Å². The maximum absolute atomic E-state index is 9.46. The molecule has 3 rings (SSSR count). The van der Waals surface area contributed by atoms with Gasteiger partial charge in [0.05, 0.1) is 12.2 Å².